The van der Waals surface area contributed by atoms with Crippen LogP contribution in [0.5, 0.6) is 0 Å². The van der Waals surface area contributed by atoms with E-state index in [0.717, 1.165) is 6.42 Å². The maximum absolute atomic E-state index is 2.67. The van der Waals surface area contributed by atoms with Gasteiger partial charge in [-0.1, -0.05) is 0 Å². The molecule has 0 aromatic heterocycles. The van der Waals surface area contributed by atoms with Gasteiger partial charge in [-0.15, -0.1) is 0 Å². The Morgan fingerprint density at radius 1 is 0.636 bits per heavy atom. The average molecular weight is 699 g/mol. The van der Waals surface area contributed by atoms with E-state index in [0.29, 0.717) is 3.63 Å². The van der Waals surface area contributed by atoms with Gasteiger partial charge in [-0.2, -0.15) is 0 Å². The number of allylic oxidation sites excluding steroid dienone is 4. The summed E-state index contributed by atoms with van der Waals surface area (Å²) in [6.45, 7) is 18.5. The van der Waals surface area contributed by atoms with Crippen LogP contribution in [0.25, 0.3) is 11.1 Å². The maximum Gasteiger partial charge on any atom is -1.00 e. The summed E-state index contributed by atoms with van der Waals surface area (Å²) in [5.74, 6) is 0. The van der Waals surface area contributed by atoms with Crippen LogP contribution in [-0.2, 0) is 32.1 Å². The van der Waals surface area contributed by atoms with Crippen LogP contribution in [-0.4, -0.2) is 3.21 Å². The van der Waals surface area contributed by atoms with Crippen LogP contribution in [0.4, 0.5) is 0 Å². The Morgan fingerprint density at radius 2 is 1.11 bits per heavy atom. The molecule has 4 aromatic carbocycles. The quantitative estimate of drug-likeness (QED) is 0.290. The summed E-state index contributed by atoms with van der Waals surface area (Å²) in [6.07, 6.45) is 8.24. The number of hydrogen-bond donors (Lipinski definition) is 0. The predicted molar refractivity (Wildman–Crippen MR) is 179 cm³/mol. The second-order valence-corrected chi connectivity index (χ2v) is 20.6. The van der Waals surface area contributed by atoms with Crippen molar-refractivity contribution in [2.24, 2.45) is 0 Å². The number of benzene rings is 4. The van der Waals surface area contributed by atoms with Crippen molar-refractivity contribution in [2.75, 3.05) is 0 Å². The Kier molecular flexibility index (Phi) is 10.4. The third kappa shape index (κ3) is 6.63. The Balaban J connectivity index is 0.00000221. The molecule has 0 radical (unpaired) electrons. The van der Waals surface area contributed by atoms with Crippen LogP contribution in [0.3, 0.4) is 0 Å². The number of rotatable bonds is 4. The summed E-state index contributed by atoms with van der Waals surface area (Å²) in [5.41, 5.74) is 14.6. The molecule has 0 heterocycles. The Morgan fingerprint density at radius 3 is 1.50 bits per heavy atom. The largest absolute Gasteiger partial charge is 1.00 e. The van der Waals surface area contributed by atoms with Gasteiger partial charge in [0.05, 0.1) is 0 Å². The molecule has 44 heavy (non-hydrogen) atoms. The second kappa shape index (κ2) is 13.2. The van der Waals surface area contributed by atoms with Crippen molar-refractivity contribution in [1.29, 1.82) is 0 Å². The van der Waals surface area contributed by atoms with Gasteiger partial charge < -0.3 is 24.8 Å². The molecular weight excluding hydrogens is 655 g/mol. The first kappa shape index (κ1) is 34.6. The number of halogens is 2. The average Bonchev–Trinajstić information content (AvgIpc) is 3.57. The van der Waals surface area contributed by atoms with Crippen molar-refractivity contribution in [3.8, 4) is 11.1 Å². The zero-order valence-electron chi connectivity index (χ0n) is 27.4. The van der Waals surface area contributed by atoms with Crippen LogP contribution in [0.1, 0.15) is 96.1 Å². The molecule has 2 aliphatic rings. The molecule has 0 saturated carbocycles. The van der Waals surface area contributed by atoms with Gasteiger partial charge >= 0.3 is 263 Å². The standard InChI is InChI=1S/C21H25.C15H14.C5H5.2ClH.Zr/c1-20(2,3)16-9-7-14-11-15-8-10-17(21(4,5)6)13-19(15)18(14)12-16;1-12-5-3-7-14(9-12)11-15-8-4-6-13(2)10-15;1-2-4-5-3-1;;;/h7-13H,1-6H3;3-10H,1-2H3;1-3H,4H2;2*1H;/q;;;;;+2/p-2. The molecule has 2 aliphatic carbocycles. The normalized spacial score (nSPS) is 13.7. The third-order valence-electron chi connectivity index (χ3n) is 9.04. The first-order valence-electron chi connectivity index (χ1n) is 15.5. The summed E-state index contributed by atoms with van der Waals surface area (Å²) < 4.78 is 3.75. The van der Waals surface area contributed by atoms with Gasteiger partial charge in [0.25, 0.3) is 0 Å². The van der Waals surface area contributed by atoms with Crippen LogP contribution < -0.4 is 24.8 Å². The summed E-state index contributed by atoms with van der Waals surface area (Å²) in [5, 5.41) is 0. The predicted octanol–water partition coefficient (Wildman–Crippen LogP) is 4.71. The van der Waals surface area contributed by atoms with E-state index >= 15 is 0 Å². The number of aryl methyl sites for hydroxylation is 2. The number of fused-ring (bicyclic) bond motifs is 3. The van der Waals surface area contributed by atoms with E-state index < -0.39 is 21.3 Å². The van der Waals surface area contributed by atoms with Gasteiger partial charge in [-0.25, -0.2) is 0 Å². The van der Waals surface area contributed by atoms with Gasteiger partial charge in [0.2, 0.25) is 0 Å². The molecule has 0 nitrogen and oxygen atoms in total. The van der Waals surface area contributed by atoms with Crippen LogP contribution in [0.2, 0.25) is 0 Å². The minimum Gasteiger partial charge on any atom is -1.00 e. The maximum atomic E-state index is 2.53. The second-order valence-electron chi connectivity index (χ2n) is 14.4. The monoisotopic (exact) mass is 696 g/mol. The smallest absolute Gasteiger partial charge is 1.00 e. The molecule has 0 fully saturated rings. The molecule has 0 amide bonds. The zero-order valence-corrected chi connectivity index (χ0v) is 31.3. The zero-order chi connectivity index (χ0) is 29.8. The van der Waals surface area contributed by atoms with Gasteiger partial charge in [0.1, 0.15) is 0 Å². The fraction of sp³-hybridized carbons (Fsp3) is 0.293. The molecule has 226 valence electrons. The number of hydrogen-bond acceptors (Lipinski definition) is 0. The van der Waals surface area contributed by atoms with E-state index in [4.69, 9.17) is 0 Å². The third-order valence-corrected chi connectivity index (χ3v) is 17.3. The van der Waals surface area contributed by atoms with E-state index in [1.807, 2.05) is 0 Å². The minimum atomic E-state index is -2.67. The van der Waals surface area contributed by atoms with Gasteiger partial charge in [-0.05, 0) is 0 Å². The summed E-state index contributed by atoms with van der Waals surface area (Å²) >= 11 is -2.67. The Labute approximate surface area is 285 Å². The molecule has 0 atom stereocenters. The van der Waals surface area contributed by atoms with Crippen molar-refractivity contribution in [2.45, 2.75) is 76.3 Å². The van der Waals surface area contributed by atoms with Crippen molar-refractivity contribution in [3.63, 3.8) is 0 Å². The van der Waals surface area contributed by atoms with E-state index in [2.05, 4.69) is 159 Å². The molecule has 0 bridgehead atoms. The van der Waals surface area contributed by atoms with Crippen molar-refractivity contribution < 1.29 is 46.1 Å². The van der Waals surface area contributed by atoms with E-state index in [-0.39, 0.29) is 35.6 Å². The van der Waals surface area contributed by atoms with Crippen molar-refractivity contribution >= 4 is 3.21 Å². The van der Waals surface area contributed by atoms with Gasteiger partial charge in [-0.3, -0.25) is 0 Å². The van der Waals surface area contributed by atoms with E-state index in [1.165, 1.54) is 44.5 Å². The molecular formula is C41H44Cl2Zr. The van der Waals surface area contributed by atoms with Crippen LogP contribution in [0, 0.1) is 13.8 Å². The Hall–Kier alpha value is -2.31. The summed E-state index contributed by atoms with van der Waals surface area (Å²) in [7, 11) is 0. The fourth-order valence-corrected chi connectivity index (χ4v) is 15.7. The van der Waals surface area contributed by atoms with Gasteiger partial charge in [0.15, 0.2) is 0 Å². The van der Waals surface area contributed by atoms with Crippen LogP contribution >= 0.6 is 0 Å². The SMILES string of the molecule is Cc1cccc([C](c2cccc(C)c2)=[Zr+2]([C]2=CC=CC2)[CH]2c3ccc(C(C)(C)C)cc3-c3cc(C(C)(C)C)ccc32)c1.[Cl-].[Cl-]. The van der Waals surface area contributed by atoms with Gasteiger partial charge in [0, 0.05) is 0 Å². The molecule has 0 aliphatic heterocycles. The molecule has 0 unspecified atom stereocenters. The molecule has 0 saturated heterocycles. The van der Waals surface area contributed by atoms with E-state index in [1.54, 1.807) is 17.6 Å². The Bertz CT molecular complexity index is 1680. The molecule has 0 spiro atoms. The first-order valence-corrected chi connectivity index (χ1v) is 19.3. The summed E-state index contributed by atoms with van der Waals surface area (Å²) in [4.78, 5) is 0. The minimum absolute atomic E-state index is 0. The molecule has 3 heteroatoms. The van der Waals surface area contributed by atoms with Crippen molar-refractivity contribution in [1.82, 2.24) is 0 Å². The first-order chi connectivity index (χ1) is 19.9. The van der Waals surface area contributed by atoms with Crippen molar-refractivity contribution in [3.05, 3.63) is 151 Å². The molecule has 6 rings (SSSR count). The topological polar surface area (TPSA) is 0 Å². The van der Waals surface area contributed by atoms with Crippen LogP contribution in [0.15, 0.2) is 106 Å². The molecule has 4 aromatic rings. The molecule has 0 N–H and O–H groups in total. The summed E-state index contributed by atoms with van der Waals surface area (Å²) in [6, 6.07) is 33.5. The fourth-order valence-electron chi connectivity index (χ4n) is 6.71. The van der Waals surface area contributed by atoms with E-state index in [9.17, 15) is 0 Å².